The third-order valence-electron chi connectivity index (χ3n) is 3.05. The van der Waals surface area contributed by atoms with Crippen molar-refractivity contribution in [1.82, 2.24) is 15.2 Å². The Kier molecular flexibility index (Phi) is 3.64. The number of carbonyl (C=O) groups excluding carboxylic acids is 1. The predicted octanol–water partition coefficient (Wildman–Crippen LogP) is 0.790. The van der Waals surface area contributed by atoms with E-state index in [1.807, 2.05) is 0 Å². The predicted molar refractivity (Wildman–Crippen MR) is 64.1 cm³/mol. The lowest BCUT2D eigenvalue weighted by molar-refractivity contribution is -0.132. The Morgan fingerprint density at radius 2 is 2.32 bits per heavy atom. The Hall–Kier alpha value is -2.18. The van der Waals surface area contributed by atoms with Gasteiger partial charge in [0.25, 0.3) is 5.91 Å². The zero-order chi connectivity index (χ0) is 13.9. The summed E-state index contributed by atoms with van der Waals surface area (Å²) in [6, 6.07) is 5.22. The first-order chi connectivity index (χ1) is 9.01. The molecule has 0 saturated carbocycles. The average molecular weight is 267 g/mol. The molecule has 2 rings (SSSR count). The van der Waals surface area contributed by atoms with Crippen molar-refractivity contribution in [2.24, 2.45) is 0 Å². The number of halogens is 1. The van der Waals surface area contributed by atoms with Gasteiger partial charge in [-0.3, -0.25) is 9.78 Å². The first-order valence-electron chi connectivity index (χ1n) is 5.86. The zero-order valence-corrected chi connectivity index (χ0v) is 10.2. The molecule has 19 heavy (non-hydrogen) atoms. The molecule has 1 aromatic heterocycles. The first-order valence-corrected chi connectivity index (χ1v) is 5.86. The molecule has 1 aliphatic heterocycles. The highest BCUT2D eigenvalue weighted by molar-refractivity contribution is 5.86. The number of hydrogen-bond donors (Lipinski definition) is 2. The largest absolute Gasteiger partial charge is 0.465 e. The van der Waals surface area contributed by atoms with E-state index in [1.165, 1.54) is 0 Å². The molecule has 0 aliphatic carbocycles. The molecule has 1 fully saturated rings. The topological polar surface area (TPSA) is 82.5 Å². The van der Waals surface area contributed by atoms with Crippen molar-refractivity contribution in [3.63, 3.8) is 0 Å². The quantitative estimate of drug-likeness (QED) is 0.848. The van der Waals surface area contributed by atoms with Crippen LogP contribution in [0.15, 0.2) is 24.4 Å². The molecule has 1 unspecified atom stereocenters. The molecule has 102 valence electrons. The van der Waals surface area contributed by atoms with Gasteiger partial charge in [-0.05, 0) is 12.1 Å². The van der Waals surface area contributed by atoms with E-state index in [1.54, 1.807) is 24.4 Å². The van der Waals surface area contributed by atoms with E-state index in [-0.39, 0.29) is 19.5 Å². The van der Waals surface area contributed by atoms with E-state index in [4.69, 9.17) is 5.11 Å². The van der Waals surface area contributed by atoms with Crippen molar-refractivity contribution in [3.05, 3.63) is 30.1 Å². The molecular formula is C12H14FN3O3. The highest BCUT2D eigenvalue weighted by atomic mass is 19.1. The summed E-state index contributed by atoms with van der Waals surface area (Å²) in [7, 11) is 0. The van der Waals surface area contributed by atoms with Crippen molar-refractivity contribution in [3.8, 4) is 0 Å². The lowest BCUT2D eigenvalue weighted by atomic mass is 10.0. The number of hydrogen-bond acceptors (Lipinski definition) is 3. The number of nitrogens with one attached hydrogen (secondary N) is 1. The van der Waals surface area contributed by atoms with Crippen molar-refractivity contribution in [2.75, 3.05) is 13.1 Å². The van der Waals surface area contributed by atoms with Crippen LogP contribution in [0.2, 0.25) is 0 Å². The minimum absolute atomic E-state index is 0.0306. The molecule has 1 aliphatic rings. The van der Waals surface area contributed by atoms with Crippen LogP contribution in [-0.2, 0) is 11.3 Å². The Morgan fingerprint density at radius 3 is 2.89 bits per heavy atom. The average Bonchev–Trinajstić information content (AvgIpc) is 2.81. The molecule has 1 aromatic rings. The van der Waals surface area contributed by atoms with Crippen molar-refractivity contribution >= 4 is 12.0 Å². The minimum Gasteiger partial charge on any atom is -0.465 e. The lowest BCUT2D eigenvalue weighted by Crippen LogP contribution is -2.45. The molecule has 0 spiro atoms. The van der Waals surface area contributed by atoms with Crippen LogP contribution < -0.4 is 5.32 Å². The van der Waals surface area contributed by atoms with Gasteiger partial charge in [-0.2, -0.15) is 0 Å². The molecule has 2 heterocycles. The molecule has 7 heteroatoms. The third kappa shape index (κ3) is 2.98. The van der Waals surface area contributed by atoms with Crippen LogP contribution in [0.5, 0.6) is 0 Å². The summed E-state index contributed by atoms with van der Waals surface area (Å²) in [5.74, 6) is -0.790. The van der Waals surface area contributed by atoms with Gasteiger partial charge in [-0.15, -0.1) is 0 Å². The molecular weight excluding hydrogens is 253 g/mol. The summed E-state index contributed by atoms with van der Waals surface area (Å²) in [5, 5.41) is 11.2. The van der Waals surface area contributed by atoms with E-state index in [0.29, 0.717) is 5.69 Å². The maximum absolute atomic E-state index is 14.3. The van der Waals surface area contributed by atoms with E-state index in [2.05, 4.69) is 10.3 Å². The Labute approximate surface area is 109 Å². The van der Waals surface area contributed by atoms with Crippen LogP contribution in [0.1, 0.15) is 12.1 Å². The Balaban J connectivity index is 1.91. The highest BCUT2D eigenvalue weighted by Gasteiger charge is 2.46. The summed E-state index contributed by atoms with van der Waals surface area (Å²) >= 11 is 0. The van der Waals surface area contributed by atoms with Crippen LogP contribution in [-0.4, -0.2) is 45.7 Å². The normalized spacial score (nSPS) is 22.3. The summed E-state index contributed by atoms with van der Waals surface area (Å²) in [6.45, 7) is -0.266. The molecule has 0 aromatic carbocycles. The molecule has 0 bridgehead atoms. The number of amides is 2. The number of aromatic nitrogens is 1. The fourth-order valence-electron chi connectivity index (χ4n) is 1.95. The SMILES string of the molecule is O=C(O)N1CCC(F)(C(=O)NCc2ccccn2)C1. The van der Waals surface area contributed by atoms with Gasteiger partial charge in [0.15, 0.2) is 0 Å². The van der Waals surface area contributed by atoms with Gasteiger partial charge in [0, 0.05) is 19.2 Å². The second kappa shape index (κ2) is 5.21. The summed E-state index contributed by atoms with van der Waals surface area (Å²) in [5.41, 5.74) is -1.53. The van der Waals surface area contributed by atoms with Crippen molar-refractivity contribution in [1.29, 1.82) is 0 Å². The van der Waals surface area contributed by atoms with Gasteiger partial charge >= 0.3 is 6.09 Å². The number of nitrogens with zero attached hydrogens (tertiary/aromatic N) is 2. The molecule has 1 atom stereocenters. The zero-order valence-electron chi connectivity index (χ0n) is 10.2. The molecule has 0 radical (unpaired) electrons. The van der Waals surface area contributed by atoms with Crippen LogP contribution in [0, 0.1) is 0 Å². The van der Waals surface area contributed by atoms with Crippen LogP contribution >= 0.6 is 0 Å². The highest BCUT2D eigenvalue weighted by Crippen LogP contribution is 2.25. The number of rotatable bonds is 3. The summed E-state index contributed by atoms with van der Waals surface area (Å²) in [4.78, 5) is 27.4. The second-order valence-corrected chi connectivity index (χ2v) is 4.42. The van der Waals surface area contributed by atoms with E-state index in [0.717, 1.165) is 4.90 Å². The standard InChI is InChI=1S/C12H14FN3O3/c13-12(4-6-16(8-12)11(18)19)10(17)15-7-9-3-1-2-5-14-9/h1-3,5H,4,6-8H2,(H,15,17)(H,18,19). The number of likely N-dealkylation sites (tertiary alicyclic amines) is 1. The molecule has 2 amide bonds. The van der Waals surface area contributed by atoms with Gasteiger partial charge in [0.1, 0.15) is 0 Å². The summed E-state index contributed by atoms with van der Waals surface area (Å²) in [6.07, 6.45) is 0.249. The van der Waals surface area contributed by atoms with Gasteiger partial charge in [-0.1, -0.05) is 6.07 Å². The lowest BCUT2D eigenvalue weighted by Gasteiger charge is -2.18. The number of alkyl halides is 1. The number of carbonyl (C=O) groups is 2. The van der Waals surface area contributed by atoms with Crippen LogP contribution in [0.25, 0.3) is 0 Å². The Bertz CT molecular complexity index is 482. The second-order valence-electron chi connectivity index (χ2n) is 4.42. The van der Waals surface area contributed by atoms with Gasteiger partial charge in [0.2, 0.25) is 5.67 Å². The Morgan fingerprint density at radius 1 is 1.53 bits per heavy atom. The van der Waals surface area contributed by atoms with E-state index >= 15 is 0 Å². The molecule has 1 saturated heterocycles. The monoisotopic (exact) mass is 267 g/mol. The van der Waals surface area contributed by atoms with Gasteiger partial charge < -0.3 is 15.3 Å². The maximum Gasteiger partial charge on any atom is 0.407 e. The smallest absolute Gasteiger partial charge is 0.407 e. The fourth-order valence-corrected chi connectivity index (χ4v) is 1.95. The molecule has 2 N–H and O–H groups in total. The van der Waals surface area contributed by atoms with E-state index in [9.17, 15) is 14.0 Å². The minimum atomic E-state index is -2.15. The first kappa shape index (κ1) is 13.3. The van der Waals surface area contributed by atoms with Crippen molar-refractivity contribution in [2.45, 2.75) is 18.6 Å². The van der Waals surface area contributed by atoms with E-state index < -0.39 is 24.2 Å². The fraction of sp³-hybridized carbons (Fsp3) is 0.417. The van der Waals surface area contributed by atoms with Crippen molar-refractivity contribution < 1.29 is 19.1 Å². The van der Waals surface area contributed by atoms with Gasteiger partial charge in [-0.25, -0.2) is 9.18 Å². The van der Waals surface area contributed by atoms with Crippen LogP contribution in [0.3, 0.4) is 0 Å². The van der Waals surface area contributed by atoms with Crippen LogP contribution in [0.4, 0.5) is 9.18 Å². The maximum atomic E-state index is 14.3. The third-order valence-corrected chi connectivity index (χ3v) is 3.05. The number of carboxylic acid groups (broad SMARTS) is 1. The molecule has 6 nitrogen and oxygen atoms in total. The van der Waals surface area contributed by atoms with Gasteiger partial charge in [0.05, 0.1) is 18.8 Å². The number of pyridine rings is 1. The summed E-state index contributed by atoms with van der Waals surface area (Å²) < 4.78 is 14.3.